The Balaban J connectivity index is 0.994. The Morgan fingerprint density at radius 1 is 0.717 bits per heavy atom. The fourth-order valence-corrected chi connectivity index (χ4v) is 13.1. The Morgan fingerprint density at radius 3 is 1.70 bits per heavy atom. The van der Waals surface area contributed by atoms with E-state index in [1.54, 1.807) is 24.3 Å². The van der Waals surface area contributed by atoms with Crippen LogP contribution in [0.2, 0.25) is 0 Å². The van der Waals surface area contributed by atoms with Gasteiger partial charge in [-0.1, -0.05) is 45.9 Å². The summed E-state index contributed by atoms with van der Waals surface area (Å²) in [4.78, 5) is 35.9. The smallest absolute Gasteiger partial charge is 0.404 e. The van der Waals surface area contributed by atoms with Crippen LogP contribution in [0.15, 0.2) is 30.3 Å². The van der Waals surface area contributed by atoms with E-state index in [2.05, 4.69) is 27.7 Å². The van der Waals surface area contributed by atoms with Crippen molar-refractivity contribution in [3.63, 3.8) is 0 Å². The highest BCUT2D eigenvalue weighted by atomic mass is 31.2. The lowest BCUT2D eigenvalue weighted by atomic mass is 9.56. The number of hydrogen-bond acceptors (Lipinski definition) is 11. The van der Waals surface area contributed by atoms with Gasteiger partial charge in [0.15, 0.2) is 23.8 Å². The number of para-hydroxylation sites is 1. The molecule has 10 aliphatic rings. The molecule has 1 aromatic rings. The SMILES string of the molecule is C[C@H]1[C@@H](CC(COP(=O)(O)Oc2ccccc2)C[C@H]2O[C@@H]3O[C@@]4(C)CC[C@H]5[C@H](C)CC[C@@H]([C@H]2C)[C@@]35OO4)O[C@@H]2O[C@@]3(C)CC[C@H]4[C@H](C)CC[C@@H]1[C@@]24OO3. The molecular weight excluding hydrogens is 703 g/mol. The van der Waals surface area contributed by atoms with Crippen molar-refractivity contribution in [1.82, 2.24) is 0 Å². The predicted molar refractivity (Wildman–Crippen MR) is 189 cm³/mol. The van der Waals surface area contributed by atoms with E-state index in [1.165, 1.54) is 0 Å². The number of benzene rings is 1. The Bertz CT molecular complexity index is 1470. The van der Waals surface area contributed by atoms with Crippen LogP contribution >= 0.6 is 7.82 Å². The first-order valence-electron chi connectivity index (χ1n) is 20.4. The van der Waals surface area contributed by atoms with Gasteiger partial charge in [-0.2, -0.15) is 0 Å². The lowest BCUT2D eigenvalue weighted by molar-refractivity contribution is -0.571. The van der Waals surface area contributed by atoms with Gasteiger partial charge in [0.1, 0.15) is 5.75 Å². The second-order valence-electron chi connectivity index (χ2n) is 18.4. The minimum Gasteiger partial charge on any atom is -0.404 e. The largest absolute Gasteiger partial charge is 0.527 e. The average Bonchev–Trinajstić information content (AvgIpc) is 3.50. The second kappa shape index (κ2) is 13.5. The first kappa shape index (κ1) is 37.4. The summed E-state index contributed by atoms with van der Waals surface area (Å²) in [5.41, 5.74) is -1.34. The lowest BCUT2D eigenvalue weighted by Gasteiger charge is -2.61. The summed E-state index contributed by atoms with van der Waals surface area (Å²) in [5.74, 6) is 0.320. The monoisotopic (exact) mass is 762 g/mol. The highest BCUT2D eigenvalue weighted by Crippen LogP contribution is 2.63. The molecular formula is C40H59O12P. The van der Waals surface area contributed by atoms with Gasteiger partial charge in [0, 0.05) is 24.7 Å². The first-order valence-corrected chi connectivity index (χ1v) is 21.9. The van der Waals surface area contributed by atoms with Crippen LogP contribution in [-0.4, -0.2) is 59.1 Å². The van der Waals surface area contributed by atoms with E-state index >= 15 is 0 Å². The van der Waals surface area contributed by atoms with Gasteiger partial charge in [0.25, 0.3) is 0 Å². The predicted octanol–water partition coefficient (Wildman–Crippen LogP) is 8.08. The number of fused-ring (bicyclic) bond motifs is 4. The fourth-order valence-electron chi connectivity index (χ4n) is 12.2. The molecule has 4 bridgehead atoms. The van der Waals surface area contributed by atoms with Crippen molar-refractivity contribution < 1.29 is 57.0 Å². The summed E-state index contributed by atoms with van der Waals surface area (Å²) >= 11 is 0. The summed E-state index contributed by atoms with van der Waals surface area (Å²) in [7, 11) is -4.45. The zero-order valence-corrected chi connectivity index (χ0v) is 33.0. The Hall–Kier alpha value is -1.15. The summed E-state index contributed by atoms with van der Waals surface area (Å²) in [6, 6.07) is 8.61. The number of phosphoric acid groups is 1. The molecule has 8 aliphatic heterocycles. The maximum absolute atomic E-state index is 13.4. The molecule has 0 amide bonds. The van der Waals surface area contributed by atoms with Crippen molar-refractivity contribution in [2.75, 3.05) is 6.61 Å². The molecule has 10 fully saturated rings. The van der Waals surface area contributed by atoms with Gasteiger partial charge < -0.3 is 23.5 Å². The van der Waals surface area contributed by atoms with E-state index in [0.29, 0.717) is 24.7 Å². The molecule has 296 valence electrons. The van der Waals surface area contributed by atoms with Gasteiger partial charge >= 0.3 is 7.82 Å². The van der Waals surface area contributed by atoms with E-state index in [0.717, 1.165) is 51.4 Å². The Labute approximate surface area is 313 Å². The van der Waals surface area contributed by atoms with Gasteiger partial charge in [-0.25, -0.2) is 24.1 Å². The number of rotatable bonds is 9. The van der Waals surface area contributed by atoms with Crippen LogP contribution in [0.5, 0.6) is 5.75 Å². The van der Waals surface area contributed by atoms with E-state index in [-0.39, 0.29) is 66.0 Å². The van der Waals surface area contributed by atoms with Crippen molar-refractivity contribution in [2.45, 2.75) is 153 Å². The zero-order chi connectivity index (χ0) is 37.0. The van der Waals surface area contributed by atoms with Crippen LogP contribution in [0, 0.1) is 53.3 Å². The number of hydrogen-bond donors (Lipinski definition) is 1. The van der Waals surface area contributed by atoms with Crippen LogP contribution in [-0.2, 0) is 47.6 Å². The molecule has 8 heterocycles. The van der Waals surface area contributed by atoms with Gasteiger partial charge in [-0.15, -0.1) is 0 Å². The van der Waals surface area contributed by atoms with Crippen molar-refractivity contribution in [1.29, 1.82) is 0 Å². The quantitative estimate of drug-likeness (QED) is 0.193. The topological polar surface area (TPSA) is 130 Å². The normalized spacial score (nSPS) is 51.6. The zero-order valence-electron chi connectivity index (χ0n) is 32.1. The molecule has 0 radical (unpaired) electrons. The van der Waals surface area contributed by atoms with E-state index in [1.807, 2.05) is 19.9 Å². The third kappa shape index (κ3) is 6.20. The third-order valence-electron chi connectivity index (χ3n) is 15.2. The summed E-state index contributed by atoms with van der Waals surface area (Å²) < 4.78 is 52.1. The van der Waals surface area contributed by atoms with Crippen molar-refractivity contribution in [3.8, 4) is 5.75 Å². The van der Waals surface area contributed by atoms with Crippen molar-refractivity contribution in [2.24, 2.45) is 53.3 Å². The molecule has 2 aliphatic carbocycles. The molecule has 1 N–H and O–H groups in total. The van der Waals surface area contributed by atoms with Gasteiger partial charge in [-0.05, 0) is 119 Å². The maximum atomic E-state index is 13.4. The third-order valence-corrected chi connectivity index (χ3v) is 16.1. The van der Waals surface area contributed by atoms with Crippen LogP contribution in [0.3, 0.4) is 0 Å². The molecule has 1 unspecified atom stereocenters. The molecule has 0 aromatic heterocycles. The fraction of sp³-hybridized carbons (Fsp3) is 0.850. The van der Waals surface area contributed by atoms with Gasteiger partial charge in [0.05, 0.1) is 18.8 Å². The molecule has 17 atom stereocenters. The Morgan fingerprint density at radius 2 is 1.21 bits per heavy atom. The van der Waals surface area contributed by atoms with Crippen LogP contribution < -0.4 is 4.52 Å². The van der Waals surface area contributed by atoms with Gasteiger partial charge in [-0.3, -0.25) is 9.42 Å². The van der Waals surface area contributed by atoms with Gasteiger partial charge in [0.2, 0.25) is 11.6 Å². The summed E-state index contributed by atoms with van der Waals surface area (Å²) in [6.07, 6.45) is 7.17. The Kier molecular flexibility index (Phi) is 9.51. The number of phosphoric ester groups is 1. The number of ether oxygens (including phenoxy) is 4. The minimum absolute atomic E-state index is 0.0175. The molecule has 8 saturated heterocycles. The molecule has 11 rings (SSSR count). The highest BCUT2D eigenvalue weighted by molar-refractivity contribution is 7.47. The lowest BCUT2D eigenvalue weighted by Crippen LogP contribution is -2.70. The van der Waals surface area contributed by atoms with Crippen molar-refractivity contribution in [3.05, 3.63) is 30.3 Å². The minimum atomic E-state index is -4.45. The summed E-state index contributed by atoms with van der Waals surface area (Å²) in [6.45, 7) is 13.0. The van der Waals surface area contributed by atoms with Crippen LogP contribution in [0.25, 0.3) is 0 Å². The molecule has 2 saturated carbocycles. The standard InChI is InChI=1S/C40H59O12P/c1-23-12-14-31-25(3)33(44-35-39(31)29(23)16-18-37(5,46-35)49-51-39)20-27(22-43-53(41,42)48-28-10-8-7-9-11-28)21-34-26(4)32-15-13-24(2)30-17-19-38(6)47-36(45-34)40(30,32)52-50-38/h7-11,23-27,29-36H,12-22H2,1-6H3,(H,41,42)/t23-,24-,25-,26-,29+,30+,31+,32+,33-,34-,35-,36-,37-,38-,39-,40-/m1/s1. The maximum Gasteiger partial charge on any atom is 0.527 e. The van der Waals surface area contributed by atoms with Crippen LogP contribution in [0.4, 0.5) is 0 Å². The first-order chi connectivity index (χ1) is 25.2. The van der Waals surface area contributed by atoms with E-state index in [9.17, 15) is 9.46 Å². The van der Waals surface area contributed by atoms with E-state index in [4.69, 9.17) is 47.5 Å². The highest BCUT2D eigenvalue weighted by Gasteiger charge is 2.71. The van der Waals surface area contributed by atoms with Crippen molar-refractivity contribution >= 4 is 7.82 Å². The molecule has 2 spiro atoms. The average molecular weight is 763 g/mol. The van der Waals surface area contributed by atoms with E-state index < -0.39 is 43.2 Å². The molecule has 13 heteroatoms. The molecule has 1 aromatic carbocycles. The molecule has 12 nitrogen and oxygen atoms in total. The molecule has 53 heavy (non-hydrogen) atoms. The summed E-state index contributed by atoms with van der Waals surface area (Å²) in [5, 5.41) is 0. The second-order valence-corrected chi connectivity index (χ2v) is 19.8. The van der Waals surface area contributed by atoms with Crippen LogP contribution in [0.1, 0.15) is 106 Å².